The van der Waals surface area contributed by atoms with Gasteiger partial charge in [-0.1, -0.05) is 21.1 Å². The number of ether oxygens (including phenoxy) is 2. The fourth-order valence-corrected chi connectivity index (χ4v) is 3.06. The average molecular weight is 447 g/mol. The molecule has 2 heterocycles. The van der Waals surface area contributed by atoms with Gasteiger partial charge < -0.3 is 14.0 Å². The van der Waals surface area contributed by atoms with Crippen LogP contribution < -0.4 is 4.74 Å². The summed E-state index contributed by atoms with van der Waals surface area (Å²) < 4.78 is 18.2. The van der Waals surface area contributed by atoms with Gasteiger partial charge in [0.25, 0.3) is 0 Å². The van der Waals surface area contributed by atoms with Crippen molar-refractivity contribution in [2.24, 2.45) is 0 Å². The molecule has 0 spiro atoms. The first-order chi connectivity index (χ1) is 13.3. The van der Waals surface area contributed by atoms with E-state index in [0.29, 0.717) is 28.6 Å². The van der Waals surface area contributed by atoms with E-state index in [-0.39, 0.29) is 19.0 Å². The minimum Gasteiger partial charge on any atom is -0.482 e. The molecular weight excluding hydrogens is 428 g/mol. The molecular formula is C20H19BrN2O5. The highest BCUT2D eigenvalue weighted by Gasteiger charge is 2.19. The fourth-order valence-electron chi connectivity index (χ4n) is 2.79. The number of hydrogen-bond acceptors (Lipinski definition) is 6. The van der Waals surface area contributed by atoms with Gasteiger partial charge in [0.2, 0.25) is 5.78 Å². The van der Waals surface area contributed by atoms with Crippen molar-refractivity contribution in [1.29, 1.82) is 0 Å². The molecule has 3 rings (SSSR count). The highest BCUT2D eigenvalue weighted by molar-refractivity contribution is 9.10. The van der Waals surface area contributed by atoms with E-state index in [1.807, 2.05) is 18.4 Å². The zero-order chi connectivity index (χ0) is 20.3. The summed E-state index contributed by atoms with van der Waals surface area (Å²) in [7, 11) is 0. The molecule has 0 aliphatic carbocycles. The van der Waals surface area contributed by atoms with Crippen molar-refractivity contribution in [2.45, 2.75) is 20.8 Å². The molecule has 0 atom stereocenters. The number of benzene rings is 1. The van der Waals surface area contributed by atoms with Crippen LogP contribution in [0, 0.1) is 20.8 Å². The van der Waals surface area contributed by atoms with E-state index in [4.69, 9.17) is 14.0 Å². The van der Waals surface area contributed by atoms with Crippen LogP contribution in [0.15, 0.2) is 45.4 Å². The molecule has 0 radical (unpaired) electrons. The lowest BCUT2D eigenvalue weighted by Crippen LogP contribution is -2.19. The van der Waals surface area contributed by atoms with Crippen molar-refractivity contribution < 1.29 is 23.6 Å². The summed E-state index contributed by atoms with van der Waals surface area (Å²) in [5.74, 6) is 0.910. The first-order valence-corrected chi connectivity index (χ1v) is 9.34. The summed E-state index contributed by atoms with van der Waals surface area (Å²) in [6.45, 7) is 4.85. The molecule has 0 fully saturated rings. The van der Waals surface area contributed by atoms with Crippen LogP contribution >= 0.6 is 15.9 Å². The van der Waals surface area contributed by atoms with Crippen LogP contribution in [0.25, 0.3) is 5.82 Å². The Morgan fingerprint density at radius 3 is 2.46 bits per heavy atom. The van der Waals surface area contributed by atoms with E-state index in [9.17, 15) is 9.59 Å². The Balaban J connectivity index is 1.59. The van der Waals surface area contributed by atoms with Crippen LogP contribution in [0.2, 0.25) is 0 Å². The smallest absolute Gasteiger partial charge is 0.344 e. The number of ketones is 1. The van der Waals surface area contributed by atoms with Crippen molar-refractivity contribution in [3.8, 4) is 11.6 Å². The van der Waals surface area contributed by atoms with Crippen molar-refractivity contribution in [3.63, 3.8) is 0 Å². The van der Waals surface area contributed by atoms with Gasteiger partial charge in [-0.15, -0.1) is 0 Å². The number of nitrogens with zero attached hydrogens (tertiary/aromatic N) is 2. The molecule has 0 aliphatic rings. The van der Waals surface area contributed by atoms with Gasteiger partial charge in [-0.25, -0.2) is 4.79 Å². The zero-order valence-corrected chi connectivity index (χ0v) is 17.3. The molecule has 1 aromatic carbocycles. The van der Waals surface area contributed by atoms with Crippen LogP contribution in [0.4, 0.5) is 0 Å². The van der Waals surface area contributed by atoms with E-state index in [2.05, 4.69) is 21.1 Å². The molecule has 0 saturated heterocycles. The van der Waals surface area contributed by atoms with E-state index in [1.165, 1.54) is 0 Å². The van der Waals surface area contributed by atoms with E-state index < -0.39 is 5.97 Å². The highest BCUT2D eigenvalue weighted by atomic mass is 79.9. The van der Waals surface area contributed by atoms with Crippen molar-refractivity contribution >= 4 is 27.7 Å². The molecule has 146 valence electrons. The number of carbonyl (C=O) groups excluding carboxylic acids is 2. The van der Waals surface area contributed by atoms with E-state index >= 15 is 0 Å². The Kier molecular flexibility index (Phi) is 5.99. The van der Waals surface area contributed by atoms with Crippen molar-refractivity contribution in [1.82, 2.24) is 9.72 Å². The maximum atomic E-state index is 12.5. The third-order valence-electron chi connectivity index (χ3n) is 4.11. The van der Waals surface area contributed by atoms with Crippen molar-refractivity contribution in [2.75, 3.05) is 13.2 Å². The Morgan fingerprint density at radius 1 is 1.11 bits per heavy atom. The topological polar surface area (TPSA) is 83.6 Å². The van der Waals surface area contributed by atoms with Gasteiger partial charge in [-0.05, 0) is 51.1 Å². The molecule has 0 N–H and O–H groups in total. The Labute approximate surface area is 170 Å². The van der Waals surface area contributed by atoms with Crippen LogP contribution in [-0.2, 0) is 9.53 Å². The normalized spacial score (nSPS) is 10.7. The largest absolute Gasteiger partial charge is 0.482 e. The summed E-state index contributed by atoms with van der Waals surface area (Å²) in [5, 5.41) is 3.98. The number of halogens is 1. The minimum absolute atomic E-state index is 0.272. The molecule has 0 saturated carbocycles. The highest BCUT2D eigenvalue weighted by Crippen LogP contribution is 2.21. The number of Topliss-reactive ketones (excluding diaryl/α,β-unsaturated/α-hetero) is 1. The molecule has 3 aromatic rings. The van der Waals surface area contributed by atoms with E-state index in [1.54, 1.807) is 43.3 Å². The van der Waals surface area contributed by atoms with Gasteiger partial charge in [-0.2, -0.15) is 0 Å². The molecule has 7 nitrogen and oxygen atoms in total. The Bertz CT molecular complexity index is 1000. The Morgan fingerprint density at radius 2 is 1.82 bits per heavy atom. The summed E-state index contributed by atoms with van der Waals surface area (Å²) >= 11 is 3.32. The second kappa shape index (κ2) is 8.43. The first kappa shape index (κ1) is 19.9. The maximum Gasteiger partial charge on any atom is 0.344 e. The average Bonchev–Trinajstić information content (AvgIpc) is 3.21. The van der Waals surface area contributed by atoms with Gasteiger partial charge in [0.15, 0.2) is 19.0 Å². The summed E-state index contributed by atoms with van der Waals surface area (Å²) in [5.41, 5.74) is 2.01. The number of hydrogen-bond donors (Lipinski definition) is 0. The molecule has 2 aromatic heterocycles. The number of rotatable bonds is 7. The lowest BCUT2D eigenvalue weighted by molar-refractivity contribution is -0.144. The molecule has 0 amide bonds. The maximum absolute atomic E-state index is 12.5. The number of aromatic nitrogens is 2. The molecule has 0 bridgehead atoms. The third kappa shape index (κ3) is 4.51. The van der Waals surface area contributed by atoms with Gasteiger partial charge in [0, 0.05) is 27.5 Å². The zero-order valence-electron chi connectivity index (χ0n) is 15.7. The fraction of sp³-hybridized carbons (Fsp3) is 0.250. The van der Waals surface area contributed by atoms with Crippen LogP contribution in [0.3, 0.4) is 0 Å². The second-order valence-electron chi connectivity index (χ2n) is 6.24. The Hall–Kier alpha value is -2.87. The standard InChI is InChI=1S/C20H19BrN2O5/c1-12-8-17(14(3)23(12)19-9-13(2)28-22-19)18(24)10-27-20(25)11-26-16-6-4-15(21)5-7-16/h4-9H,10-11H2,1-3H3. The summed E-state index contributed by atoms with van der Waals surface area (Å²) in [6, 6.07) is 10.6. The van der Waals surface area contributed by atoms with Gasteiger partial charge in [0.05, 0.1) is 0 Å². The lowest BCUT2D eigenvalue weighted by Gasteiger charge is -2.07. The molecule has 28 heavy (non-hydrogen) atoms. The minimum atomic E-state index is -0.614. The summed E-state index contributed by atoms with van der Waals surface area (Å²) in [4.78, 5) is 24.4. The SMILES string of the molecule is Cc1cc(-n2c(C)cc(C(=O)COC(=O)COc3ccc(Br)cc3)c2C)no1. The second-order valence-corrected chi connectivity index (χ2v) is 7.16. The predicted octanol–water partition coefficient (Wildman–Crippen LogP) is 3.96. The first-order valence-electron chi connectivity index (χ1n) is 8.55. The number of esters is 1. The quantitative estimate of drug-likeness (QED) is 0.403. The van der Waals surface area contributed by atoms with Crippen molar-refractivity contribution in [3.05, 3.63) is 63.6 Å². The summed E-state index contributed by atoms with van der Waals surface area (Å²) in [6.07, 6.45) is 0. The monoisotopic (exact) mass is 446 g/mol. The van der Waals surface area contributed by atoms with Crippen LogP contribution in [-0.4, -0.2) is 34.7 Å². The number of carbonyl (C=O) groups is 2. The number of aryl methyl sites for hydroxylation is 2. The van der Waals surface area contributed by atoms with Gasteiger partial charge in [-0.3, -0.25) is 9.36 Å². The molecule has 0 unspecified atom stereocenters. The third-order valence-corrected chi connectivity index (χ3v) is 4.64. The lowest BCUT2D eigenvalue weighted by atomic mass is 10.1. The molecule has 0 aliphatic heterocycles. The van der Waals surface area contributed by atoms with E-state index in [0.717, 1.165) is 10.2 Å². The van der Waals surface area contributed by atoms with Crippen LogP contribution in [0.5, 0.6) is 5.75 Å². The molecule has 8 heteroatoms. The van der Waals surface area contributed by atoms with Crippen LogP contribution in [0.1, 0.15) is 27.5 Å². The van der Waals surface area contributed by atoms with Gasteiger partial charge in [0.1, 0.15) is 11.5 Å². The van der Waals surface area contributed by atoms with Gasteiger partial charge >= 0.3 is 5.97 Å². The predicted molar refractivity (Wildman–Crippen MR) is 105 cm³/mol.